The smallest absolute Gasteiger partial charge is 0.223 e. The standard InChI is InChI=1S/C20H23NO3/c1-15(16-8-4-3-5-9-16)12-20(22)21(2)13-17-14-23-18-10-6-7-11-19(18)24-17/h3-11,15,17H,12-14H2,1-2H3. The third-order valence-electron chi connectivity index (χ3n) is 4.32. The predicted octanol–water partition coefficient (Wildman–Crippen LogP) is 3.48. The largest absolute Gasteiger partial charge is 0.486 e. The number of benzene rings is 2. The molecule has 0 aromatic heterocycles. The third kappa shape index (κ3) is 3.88. The number of hydrogen-bond donors (Lipinski definition) is 0. The average molecular weight is 325 g/mol. The topological polar surface area (TPSA) is 38.8 Å². The monoisotopic (exact) mass is 325 g/mol. The second-order valence-electron chi connectivity index (χ2n) is 6.29. The van der Waals surface area contributed by atoms with Gasteiger partial charge in [-0.05, 0) is 23.6 Å². The fourth-order valence-corrected chi connectivity index (χ4v) is 2.88. The van der Waals surface area contributed by atoms with Crippen LogP contribution in [0, 0.1) is 0 Å². The molecular formula is C20H23NO3. The lowest BCUT2D eigenvalue weighted by Crippen LogP contribution is -2.42. The minimum atomic E-state index is -0.138. The molecule has 1 heterocycles. The van der Waals surface area contributed by atoms with Crippen LogP contribution < -0.4 is 9.47 Å². The minimum Gasteiger partial charge on any atom is -0.486 e. The first-order valence-electron chi connectivity index (χ1n) is 8.31. The van der Waals surface area contributed by atoms with Crippen molar-refractivity contribution in [2.24, 2.45) is 0 Å². The second kappa shape index (κ2) is 7.39. The molecule has 2 unspecified atom stereocenters. The van der Waals surface area contributed by atoms with Crippen molar-refractivity contribution >= 4 is 5.91 Å². The van der Waals surface area contributed by atoms with Crippen molar-refractivity contribution in [3.63, 3.8) is 0 Å². The van der Waals surface area contributed by atoms with Gasteiger partial charge >= 0.3 is 0 Å². The van der Waals surface area contributed by atoms with E-state index in [-0.39, 0.29) is 17.9 Å². The molecular weight excluding hydrogens is 302 g/mol. The summed E-state index contributed by atoms with van der Waals surface area (Å²) in [6.45, 7) is 3.06. The normalized spacial score (nSPS) is 17.2. The van der Waals surface area contributed by atoms with E-state index in [4.69, 9.17) is 9.47 Å². The number of fused-ring (bicyclic) bond motifs is 1. The minimum absolute atomic E-state index is 0.119. The Labute approximate surface area is 143 Å². The van der Waals surface area contributed by atoms with Gasteiger partial charge in [0.1, 0.15) is 6.61 Å². The molecule has 0 fully saturated rings. The van der Waals surface area contributed by atoms with Gasteiger partial charge in [0.25, 0.3) is 0 Å². The van der Waals surface area contributed by atoms with Crippen molar-refractivity contribution in [3.05, 3.63) is 60.2 Å². The van der Waals surface area contributed by atoms with Crippen molar-refractivity contribution < 1.29 is 14.3 Å². The number of rotatable bonds is 5. The summed E-state index contributed by atoms with van der Waals surface area (Å²) in [5, 5.41) is 0. The summed E-state index contributed by atoms with van der Waals surface area (Å²) in [6, 6.07) is 17.7. The summed E-state index contributed by atoms with van der Waals surface area (Å²) in [6.07, 6.45) is 0.353. The maximum Gasteiger partial charge on any atom is 0.223 e. The molecule has 24 heavy (non-hydrogen) atoms. The fourth-order valence-electron chi connectivity index (χ4n) is 2.88. The highest BCUT2D eigenvalue weighted by Gasteiger charge is 2.24. The summed E-state index contributed by atoms with van der Waals surface area (Å²) < 4.78 is 11.6. The molecule has 0 spiro atoms. The van der Waals surface area contributed by atoms with Gasteiger partial charge < -0.3 is 14.4 Å². The molecule has 0 aliphatic carbocycles. The van der Waals surface area contributed by atoms with Crippen molar-refractivity contribution in [2.45, 2.75) is 25.4 Å². The molecule has 0 saturated carbocycles. The molecule has 1 aliphatic rings. The van der Waals surface area contributed by atoms with E-state index in [1.165, 1.54) is 5.56 Å². The molecule has 0 bridgehead atoms. The number of carbonyl (C=O) groups is 1. The molecule has 4 nitrogen and oxygen atoms in total. The SMILES string of the molecule is CC(CC(=O)N(C)CC1COc2ccccc2O1)c1ccccc1. The lowest BCUT2D eigenvalue weighted by molar-refractivity contribution is -0.131. The van der Waals surface area contributed by atoms with E-state index < -0.39 is 0 Å². The lowest BCUT2D eigenvalue weighted by atomic mass is 9.97. The van der Waals surface area contributed by atoms with Gasteiger partial charge in [0.05, 0.1) is 6.54 Å². The van der Waals surface area contributed by atoms with Gasteiger partial charge in [-0.1, -0.05) is 49.4 Å². The Morgan fingerprint density at radius 2 is 1.79 bits per heavy atom. The first-order chi connectivity index (χ1) is 11.6. The van der Waals surface area contributed by atoms with Crippen LogP contribution in [0.5, 0.6) is 11.5 Å². The quantitative estimate of drug-likeness (QED) is 0.845. The van der Waals surface area contributed by atoms with Crippen LogP contribution in [0.1, 0.15) is 24.8 Å². The number of para-hydroxylation sites is 2. The highest BCUT2D eigenvalue weighted by atomic mass is 16.6. The number of nitrogens with zero attached hydrogens (tertiary/aromatic N) is 1. The van der Waals surface area contributed by atoms with Crippen LogP contribution in [0.25, 0.3) is 0 Å². The number of likely N-dealkylation sites (N-methyl/N-ethyl adjacent to an activating group) is 1. The number of carbonyl (C=O) groups excluding carboxylic acids is 1. The van der Waals surface area contributed by atoms with Crippen molar-refractivity contribution in [3.8, 4) is 11.5 Å². The van der Waals surface area contributed by atoms with E-state index in [1.807, 2.05) is 49.5 Å². The third-order valence-corrected chi connectivity index (χ3v) is 4.32. The van der Waals surface area contributed by atoms with E-state index >= 15 is 0 Å². The fraction of sp³-hybridized carbons (Fsp3) is 0.350. The van der Waals surface area contributed by atoms with Crippen molar-refractivity contribution in [1.82, 2.24) is 4.90 Å². The highest BCUT2D eigenvalue weighted by molar-refractivity contribution is 5.76. The number of ether oxygens (including phenoxy) is 2. The van der Waals surface area contributed by atoms with E-state index in [1.54, 1.807) is 4.90 Å². The molecule has 2 aromatic rings. The van der Waals surface area contributed by atoms with Crippen LogP contribution in [-0.2, 0) is 4.79 Å². The van der Waals surface area contributed by atoms with Gasteiger partial charge in [-0.15, -0.1) is 0 Å². The Hall–Kier alpha value is -2.49. The highest BCUT2D eigenvalue weighted by Crippen LogP contribution is 2.31. The van der Waals surface area contributed by atoms with Gasteiger partial charge in [-0.3, -0.25) is 4.79 Å². The van der Waals surface area contributed by atoms with Gasteiger partial charge in [-0.25, -0.2) is 0 Å². The summed E-state index contributed by atoms with van der Waals surface area (Å²) in [5.74, 6) is 1.83. The molecule has 126 valence electrons. The molecule has 3 rings (SSSR count). The van der Waals surface area contributed by atoms with Crippen LogP contribution in [-0.4, -0.2) is 37.1 Å². The van der Waals surface area contributed by atoms with Crippen LogP contribution in [0.4, 0.5) is 0 Å². The van der Waals surface area contributed by atoms with Crippen LogP contribution in [0.15, 0.2) is 54.6 Å². The Bertz CT molecular complexity index is 686. The number of hydrogen-bond acceptors (Lipinski definition) is 3. The van der Waals surface area contributed by atoms with Crippen LogP contribution >= 0.6 is 0 Å². The first-order valence-corrected chi connectivity index (χ1v) is 8.31. The number of amides is 1. The van der Waals surface area contributed by atoms with Gasteiger partial charge in [0, 0.05) is 13.5 Å². The molecule has 4 heteroatoms. The van der Waals surface area contributed by atoms with Crippen LogP contribution in [0.3, 0.4) is 0 Å². The second-order valence-corrected chi connectivity index (χ2v) is 6.29. The summed E-state index contributed by atoms with van der Waals surface area (Å²) in [5.41, 5.74) is 1.19. The zero-order valence-corrected chi connectivity index (χ0v) is 14.1. The van der Waals surface area contributed by atoms with Crippen molar-refractivity contribution in [1.29, 1.82) is 0 Å². The summed E-state index contributed by atoms with van der Waals surface area (Å²) in [4.78, 5) is 14.2. The van der Waals surface area contributed by atoms with Crippen LogP contribution in [0.2, 0.25) is 0 Å². The zero-order valence-electron chi connectivity index (χ0n) is 14.1. The Morgan fingerprint density at radius 3 is 2.54 bits per heavy atom. The molecule has 2 atom stereocenters. The Kier molecular flexibility index (Phi) is 5.04. The van der Waals surface area contributed by atoms with E-state index in [2.05, 4.69) is 19.1 Å². The predicted molar refractivity (Wildman–Crippen MR) is 93.5 cm³/mol. The molecule has 0 saturated heterocycles. The van der Waals surface area contributed by atoms with Gasteiger partial charge in [-0.2, -0.15) is 0 Å². The Morgan fingerprint density at radius 1 is 1.12 bits per heavy atom. The zero-order chi connectivity index (χ0) is 16.9. The van der Waals surface area contributed by atoms with Crippen molar-refractivity contribution in [2.75, 3.05) is 20.2 Å². The van der Waals surface area contributed by atoms with E-state index in [0.717, 1.165) is 11.5 Å². The lowest BCUT2D eigenvalue weighted by Gasteiger charge is -2.30. The average Bonchev–Trinajstić information content (AvgIpc) is 2.62. The molecule has 0 N–H and O–H groups in total. The molecule has 2 aromatic carbocycles. The molecule has 1 amide bonds. The maximum absolute atomic E-state index is 12.5. The van der Waals surface area contributed by atoms with E-state index in [9.17, 15) is 4.79 Å². The summed E-state index contributed by atoms with van der Waals surface area (Å²) in [7, 11) is 1.82. The Balaban J connectivity index is 1.53. The maximum atomic E-state index is 12.5. The molecule has 0 radical (unpaired) electrons. The first kappa shape index (κ1) is 16.4. The van der Waals surface area contributed by atoms with E-state index in [0.29, 0.717) is 19.6 Å². The van der Waals surface area contributed by atoms with Gasteiger partial charge in [0.15, 0.2) is 17.6 Å². The van der Waals surface area contributed by atoms with Gasteiger partial charge in [0.2, 0.25) is 5.91 Å². The molecule has 1 aliphatic heterocycles. The summed E-state index contributed by atoms with van der Waals surface area (Å²) >= 11 is 0.